The number of imidazole rings is 1. The maximum atomic E-state index is 5.90. The molecule has 3 heteroatoms. The third kappa shape index (κ3) is 1.08. The van der Waals surface area contributed by atoms with Gasteiger partial charge in [0.05, 0.1) is 5.69 Å². The Bertz CT molecular complexity index is 355. The third-order valence-corrected chi connectivity index (χ3v) is 3.94. The molecule has 0 saturated heterocycles. The Morgan fingerprint density at radius 2 is 2.29 bits per heavy atom. The molecule has 3 nitrogen and oxygen atoms in total. The summed E-state index contributed by atoms with van der Waals surface area (Å²) in [5.74, 6) is 2.54. The molecule has 1 aromatic rings. The van der Waals surface area contributed by atoms with Crippen molar-refractivity contribution in [3.8, 4) is 0 Å². The van der Waals surface area contributed by atoms with Gasteiger partial charge in [0.1, 0.15) is 0 Å². The van der Waals surface area contributed by atoms with Crippen molar-refractivity contribution in [2.24, 2.45) is 11.8 Å². The molecule has 2 N–H and O–H groups in total. The molecule has 2 aliphatic carbocycles. The van der Waals surface area contributed by atoms with Gasteiger partial charge in [-0.3, -0.25) is 0 Å². The van der Waals surface area contributed by atoms with Crippen molar-refractivity contribution in [1.29, 1.82) is 0 Å². The van der Waals surface area contributed by atoms with Crippen LogP contribution < -0.4 is 5.73 Å². The summed E-state index contributed by atoms with van der Waals surface area (Å²) in [4.78, 5) is 4.28. The first-order valence-corrected chi connectivity index (χ1v) is 5.55. The van der Waals surface area contributed by atoms with Gasteiger partial charge in [-0.1, -0.05) is 6.42 Å². The number of nitrogen functional groups attached to an aromatic ring is 1. The van der Waals surface area contributed by atoms with Gasteiger partial charge in [-0.15, -0.1) is 0 Å². The van der Waals surface area contributed by atoms with Gasteiger partial charge in [-0.25, -0.2) is 4.98 Å². The van der Waals surface area contributed by atoms with Crippen molar-refractivity contribution >= 4 is 5.95 Å². The van der Waals surface area contributed by atoms with Gasteiger partial charge < -0.3 is 10.3 Å². The van der Waals surface area contributed by atoms with E-state index in [-0.39, 0.29) is 0 Å². The van der Waals surface area contributed by atoms with Crippen LogP contribution in [0.2, 0.25) is 0 Å². The predicted molar refractivity (Wildman–Crippen MR) is 55.9 cm³/mol. The number of nitrogens with two attached hydrogens (primary N) is 1. The molecular weight excluding hydrogens is 174 g/mol. The van der Waals surface area contributed by atoms with Gasteiger partial charge in [0.2, 0.25) is 5.95 Å². The fraction of sp³-hybridized carbons (Fsp3) is 0.727. The SMILES string of the molecule is Cc1cn(C2CC3CCC2C3)c(N)n1. The summed E-state index contributed by atoms with van der Waals surface area (Å²) < 4.78 is 2.21. The van der Waals surface area contributed by atoms with Crippen LogP contribution in [0.25, 0.3) is 0 Å². The summed E-state index contributed by atoms with van der Waals surface area (Å²) in [6.45, 7) is 2.01. The highest BCUT2D eigenvalue weighted by Gasteiger charge is 2.40. The Balaban J connectivity index is 1.92. The zero-order valence-corrected chi connectivity index (χ0v) is 8.61. The topological polar surface area (TPSA) is 43.8 Å². The number of nitrogens with zero attached hydrogens (tertiary/aromatic N) is 2. The second-order valence-corrected chi connectivity index (χ2v) is 4.89. The van der Waals surface area contributed by atoms with E-state index in [0.29, 0.717) is 12.0 Å². The summed E-state index contributed by atoms with van der Waals surface area (Å²) in [5.41, 5.74) is 6.95. The first-order chi connectivity index (χ1) is 6.74. The fourth-order valence-electron chi connectivity index (χ4n) is 3.35. The highest BCUT2D eigenvalue weighted by molar-refractivity contribution is 5.23. The van der Waals surface area contributed by atoms with Crippen LogP contribution in [0.4, 0.5) is 5.95 Å². The first kappa shape index (κ1) is 8.33. The zero-order valence-electron chi connectivity index (χ0n) is 8.61. The van der Waals surface area contributed by atoms with E-state index < -0.39 is 0 Å². The average molecular weight is 191 g/mol. The molecule has 0 amide bonds. The number of anilines is 1. The molecule has 2 saturated carbocycles. The van der Waals surface area contributed by atoms with Gasteiger partial charge in [-0.05, 0) is 38.0 Å². The van der Waals surface area contributed by atoms with Gasteiger partial charge in [0, 0.05) is 12.2 Å². The summed E-state index contributed by atoms with van der Waals surface area (Å²) in [5, 5.41) is 0. The van der Waals surface area contributed by atoms with E-state index in [1.807, 2.05) is 6.92 Å². The fourth-order valence-corrected chi connectivity index (χ4v) is 3.35. The third-order valence-electron chi connectivity index (χ3n) is 3.94. The molecule has 1 heterocycles. The Kier molecular flexibility index (Phi) is 1.64. The van der Waals surface area contributed by atoms with Crippen LogP contribution in [0.3, 0.4) is 0 Å². The normalized spacial score (nSPS) is 35.4. The second-order valence-electron chi connectivity index (χ2n) is 4.89. The van der Waals surface area contributed by atoms with Crippen LogP contribution in [-0.4, -0.2) is 9.55 Å². The molecule has 3 rings (SSSR count). The van der Waals surface area contributed by atoms with E-state index in [9.17, 15) is 0 Å². The van der Waals surface area contributed by atoms with Crippen molar-refractivity contribution in [3.05, 3.63) is 11.9 Å². The van der Waals surface area contributed by atoms with E-state index in [4.69, 9.17) is 5.73 Å². The minimum Gasteiger partial charge on any atom is -0.369 e. The lowest BCUT2D eigenvalue weighted by atomic mass is 9.95. The Labute approximate surface area is 84.3 Å². The lowest BCUT2D eigenvalue weighted by Crippen LogP contribution is -2.17. The predicted octanol–water partition coefficient (Wildman–Crippen LogP) is 2.13. The minimum atomic E-state index is 0.648. The van der Waals surface area contributed by atoms with Crippen molar-refractivity contribution in [3.63, 3.8) is 0 Å². The average Bonchev–Trinajstić information content (AvgIpc) is 2.79. The quantitative estimate of drug-likeness (QED) is 0.739. The molecule has 0 spiro atoms. The lowest BCUT2D eigenvalue weighted by Gasteiger charge is -2.23. The van der Waals surface area contributed by atoms with Gasteiger partial charge in [-0.2, -0.15) is 0 Å². The minimum absolute atomic E-state index is 0.648. The van der Waals surface area contributed by atoms with Gasteiger partial charge in [0.25, 0.3) is 0 Å². The van der Waals surface area contributed by atoms with E-state index >= 15 is 0 Å². The van der Waals surface area contributed by atoms with Crippen LogP contribution in [0.1, 0.15) is 37.4 Å². The number of hydrogen-bond acceptors (Lipinski definition) is 2. The first-order valence-electron chi connectivity index (χ1n) is 5.55. The smallest absolute Gasteiger partial charge is 0.200 e. The second kappa shape index (κ2) is 2.75. The van der Waals surface area contributed by atoms with E-state index in [1.54, 1.807) is 0 Å². The number of aryl methyl sites for hydroxylation is 1. The Hall–Kier alpha value is -0.990. The molecule has 2 aliphatic rings. The van der Waals surface area contributed by atoms with Gasteiger partial charge >= 0.3 is 0 Å². The van der Waals surface area contributed by atoms with Crippen LogP contribution in [-0.2, 0) is 0 Å². The summed E-state index contributed by atoms with van der Waals surface area (Å²) in [6, 6.07) is 0.648. The molecule has 3 unspecified atom stereocenters. The van der Waals surface area contributed by atoms with E-state index in [1.165, 1.54) is 25.7 Å². The summed E-state index contributed by atoms with van der Waals surface area (Å²) >= 11 is 0. The molecule has 2 fully saturated rings. The molecule has 2 bridgehead atoms. The van der Waals surface area contributed by atoms with Crippen molar-refractivity contribution in [2.75, 3.05) is 5.73 Å². The lowest BCUT2D eigenvalue weighted by molar-refractivity contribution is 0.333. The van der Waals surface area contributed by atoms with Gasteiger partial charge in [0.15, 0.2) is 0 Å². The molecule has 14 heavy (non-hydrogen) atoms. The van der Waals surface area contributed by atoms with Crippen LogP contribution in [0.5, 0.6) is 0 Å². The van der Waals surface area contributed by atoms with Crippen LogP contribution in [0, 0.1) is 18.8 Å². The molecule has 0 radical (unpaired) electrons. The molecule has 0 aromatic carbocycles. The zero-order chi connectivity index (χ0) is 9.71. The van der Waals surface area contributed by atoms with E-state index in [0.717, 1.165) is 17.5 Å². The van der Waals surface area contributed by atoms with Crippen molar-refractivity contribution in [2.45, 2.75) is 38.6 Å². The van der Waals surface area contributed by atoms with Crippen LogP contribution in [0.15, 0.2) is 6.20 Å². The standard InChI is InChI=1S/C11H17N3/c1-7-6-14(11(12)13-7)10-5-8-2-3-9(10)4-8/h6,8-10H,2-5H2,1H3,(H2,12,13). The summed E-state index contributed by atoms with van der Waals surface area (Å²) in [7, 11) is 0. The van der Waals surface area contributed by atoms with Crippen LogP contribution >= 0.6 is 0 Å². The number of fused-ring (bicyclic) bond motifs is 2. The monoisotopic (exact) mass is 191 g/mol. The highest BCUT2D eigenvalue weighted by Crippen LogP contribution is 2.51. The molecule has 0 aliphatic heterocycles. The highest BCUT2D eigenvalue weighted by atomic mass is 15.2. The van der Waals surface area contributed by atoms with E-state index in [2.05, 4.69) is 15.7 Å². The largest absolute Gasteiger partial charge is 0.369 e. The van der Waals surface area contributed by atoms with Crippen molar-refractivity contribution in [1.82, 2.24) is 9.55 Å². The van der Waals surface area contributed by atoms with Crippen molar-refractivity contribution < 1.29 is 0 Å². The molecule has 1 aromatic heterocycles. The maximum absolute atomic E-state index is 5.90. The maximum Gasteiger partial charge on any atom is 0.200 e. The number of aromatic nitrogens is 2. The Morgan fingerprint density at radius 1 is 1.43 bits per heavy atom. The molecule has 3 atom stereocenters. The summed E-state index contributed by atoms with van der Waals surface area (Å²) in [6.07, 6.45) is 7.69. The molecule has 76 valence electrons. The number of rotatable bonds is 1. The molecular formula is C11H17N3. The Morgan fingerprint density at radius 3 is 2.79 bits per heavy atom. The number of hydrogen-bond donors (Lipinski definition) is 1.